The lowest BCUT2D eigenvalue weighted by Crippen LogP contribution is -2.29. The second-order valence-electron chi connectivity index (χ2n) is 8.25. The predicted molar refractivity (Wildman–Crippen MR) is 129 cm³/mol. The van der Waals surface area contributed by atoms with E-state index in [0.717, 1.165) is 16.0 Å². The highest BCUT2D eigenvalue weighted by Gasteiger charge is 2.37. The molecule has 1 N–H and O–H groups in total. The summed E-state index contributed by atoms with van der Waals surface area (Å²) in [5.74, 6) is -2.46. The second-order valence-corrected chi connectivity index (χ2v) is 8.25. The van der Waals surface area contributed by atoms with Crippen molar-refractivity contribution in [1.82, 2.24) is 0 Å². The second kappa shape index (κ2) is 9.34. The van der Waals surface area contributed by atoms with E-state index in [1.807, 2.05) is 19.1 Å². The first kappa shape index (κ1) is 23.6. The summed E-state index contributed by atoms with van der Waals surface area (Å²) in [6, 6.07) is 15.8. The Morgan fingerprint density at radius 3 is 2.23 bits per heavy atom. The maximum Gasteiger partial charge on any atom is 0.338 e. The zero-order valence-electron chi connectivity index (χ0n) is 19.4. The Morgan fingerprint density at radius 1 is 0.857 bits per heavy atom. The first-order valence-electron chi connectivity index (χ1n) is 10.8. The van der Waals surface area contributed by atoms with Crippen LogP contribution in [0.1, 0.15) is 59.5 Å². The van der Waals surface area contributed by atoms with Crippen LogP contribution >= 0.6 is 0 Å². The SMILES string of the molecule is CC(=O)Nc1ccc(N2C(=O)c3ccc(C(=O)OCC(=O)c4cc(C)ccc4C)cc3C2=O)cc1. The Morgan fingerprint density at radius 2 is 1.54 bits per heavy atom. The molecule has 35 heavy (non-hydrogen) atoms. The van der Waals surface area contributed by atoms with Gasteiger partial charge in [0.1, 0.15) is 0 Å². The number of esters is 1. The van der Waals surface area contributed by atoms with E-state index in [2.05, 4.69) is 5.32 Å². The molecule has 0 radical (unpaired) electrons. The molecule has 176 valence electrons. The number of imide groups is 1. The number of hydrogen-bond acceptors (Lipinski definition) is 6. The largest absolute Gasteiger partial charge is 0.454 e. The minimum atomic E-state index is -0.773. The summed E-state index contributed by atoms with van der Waals surface area (Å²) in [5.41, 5.74) is 3.31. The molecule has 0 bridgehead atoms. The maximum absolute atomic E-state index is 13.0. The van der Waals surface area contributed by atoms with E-state index in [9.17, 15) is 24.0 Å². The molecule has 0 unspecified atom stereocenters. The highest BCUT2D eigenvalue weighted by atomic mass is 16.5. The van der Waals surface area contributed by atoms with Crippen molar-refractivity contribution in [1.29, 1.82) is 0 Å². The van der Waals surface area contributed by atoms with Crippen LogP contribution < -0.4 is 10.2 Å². The van der Waals surface area contributed by atoms with Crippen molar-refractivity contribution < 1.29 is 28.7 Å². The van der Waals surface area contributed by atoms with Crippen molar-refractivity contribution in [3.05, 3.63) is 94.0 Å². The molecule has 0 aliphatic carbocycles. The van der Waals surface area contributed by atoms with Crippen LogP contribution in [-0.4, -0.2) is 36.1 Å². The highest BCUT2D eigenvalue weighted by Crippen LogP contribution is 2.30. The van der Waals surface area contributed by atoms with Crippen LogP contribution in [0.4, 0.5) is 11.4 Å². The molecule has 1 aliphatic rings. The predicted octanol–water partition coefficient (Wildman–Crippen LogP) is 4.10. The van der Waals surface area contributed by atoms with Crippen LogP contribution in [0.3, 0.4) is 0 Å². The van der Waals surface area contributed by atoms with Gasteiger partial charge < -0.3 is 10.1 Å². The number of fused-ring (bicyclic) bond motifs is 1. The Balaban J connectivity index is 1.49. The fraction of sp³-hybridized carbons (Fsp3) is 0.148. The van der Waals surface area contributed by atoms with E-state index in [1.54, 1.807) is 37.3 Å². The molecule has 0 saturated heterocycles. The maximum atomic E-state index is 13.0. The molecule has 8 nitrogen and oxygen atoms in total. The van der Waals surface area contributed by atoms with Gasteiger partial charge in [0.2, 0.25) is 11.7 Å². The number of carbonyl (C=O) groups is 5. The van der Waals surface area contributed by atoms with Crippen molar-refractivity contribution in [2.75, 3.05) is 16.8 Å². The van der Waals surface area contributed by atoms with E-state index in [1.165, 1.54) is 25.1 Å². The molecule has 4 rings (SSSR count). The number of benzene rings is 3. The molecule has 0 aromatic heterocycles. The average molecular weight is 470 g/mol. The third-order valence-corrected chi connectivity index (χ3v) is 5.60. The molecular formula is C27H22N2O6. The van der Waals surface area contributed by atoms with Gasteiger partial charge in [0.25, 0.3) is 11.8 Å². The van der Waals surface area contributed by atoms with Gasteiger partial charge in [0.15, 0.2) is 6.61 Å². The molecule has 0 fully saturated rings. The zero-order valence-corrected chi connectivity index (χ0v) is 19.4. The number of aryl methyl sites for hydroxylation is 2. The van der Waals surface area contributed by atoms with Crippen molar-refractivity contribution in [2.24, 2.45) is 0 Å². The molecule has 3 amide bonds. The van der Waals surface area contributed by atoms with E-state index in [0.29, 0.717) is 16.9 Å². The van der Waals surface area contributed by atoms with Gasteiger partial charge in [0, 0.05) is 18.2 Å². The molecular weight excluding hydrogens is 448 g/mol. The monoisotopic (exact) mass is 470 g/mol. The van der Waals surface area contributed by atoms with Crippen LogP contribution in [0, 0.1) is 13.8 Å². The quantitative estimate of drug-likeness (QED) is 0.330. The van der Waals surface area contributed by atoms with Crippen molar-refractivity contribution in [3.63, 3.8) is 0 Å². The van der Waals surface area contributed by atoms with Crippen molar-refractivity contribution >= 4 is 40.8 Å². The fourth-order valence-electron chi connectivity index (χ4n) is 3.83. The number of nitrogens with zero attached hydrogens (tertiary/aromatic N) is 1. The molecule has 3 aromatic carbocycles. The van der Waals surface area contributed by atoms with Crippen LogP contribution in [0.25, 0.3) is 0 Å². The summed E-state index contributed by atoms with van der Waals surface area (Å²) in [5, 5.41) is 2.62. The summed E-state index contributed by atoms with van der Waals surface area (Å²) in [7, 11) is 0. The number of amides is 3. The number of rotatable bonds is 6. The van der Waals surface area contributed by atoms with Crippen molar-refractivity contribution in [3.8, 4) is 0 Å². The number of anilines is 2. The average Bonchev–Trinajstić information content (AvgIpc) is 3.08. The van der Waals surface area contributed by atoms with Gasteiger partial charge in [-0.1, -0.05) is 17.7 Å². The molecule has 3 aromatic rings. The van der Waals surface area contributed by atoms with Gasteiger partial charge in [-0.3, -0.25) is 19.2 Å². The van der Waals surface area contributed by atoms with Gasteiger partial charge in [-0.15, -0.1) is 0 Å². The summed E-state index contributed by atoms with van der Waals surface area (Å²) in [6.45, 7) is 4.60. The minimum Gasteiger partial charge on any atom is -0.454 e. The van der Waals surface area contributed by atoms with E-state index < -0.39 is 24.4 Å². The third-order valence-electron chi connectivity index (χ3n) is 5.60. The fourth-order valence-corrected chi connectivity index (χ4v) is 3.83. The molecule has 1 aliphatic heterocycles. The van der Waals surface area contributed by atoms with Crippen LogP contribution in [0.5, 0.6) is 0 Å². The van der Waals surface area contributed by atoms with Gasteiger partial charge >= 0.3 is 5.97 Å². The van der Waals surface area contributed by atoms with Gasteiger partial charge in [-0.2, -0.15) is 0 Å². The Hall–Kier alpha value is -4.59. The van der Waals surface area contributed by atoms with Crippen LogP contribution in [0.15, 0.2) is 60.7 Å². The number of hydrogen-bond donors (Lipinski definition) is 1. The van der Waals surface area contributed by atoms with Crippen LogP contribution in [-0.2, 0) is 9.53 Å². The van der Waals surface area contributed by atoms with Gasteiger partial charge in [-0.25, -0.2) is 9.69 Å². The summed E-state index contributed by atoms with van der Waals surface area (Å²) >= 11 is 0. The molecule has 0 saturated carbocycles. The summed E-state index contributed by atoms with van der Waals surface area (Å²) < 4.78 is 5.18. The number of carbonyl (C=O) groups excluding carboxylic acids is 5. The Kier molecular flexibility index (Phi) is 6.29. The normalized spacial score (nSPS) is 12.4. The van der Waals surface area contributed by atoms with E-state index in [-0.39, 0.29) is 28.4 Å². The summed E-state index contributed by atoms with van der Waals surface area (Å²) in [4.78, 5) is 63.1. The lowest BCUT2D eigenvalue weighted by Gasteiger charge is -2.14. The molecule has 8 heteroatoms. The number of nitrogens with one attached hydrogen (secondary N) is 1. The lowest BCUT2D eigenvalue weighted by atomic mass is 10.0. The number of ketones is 1. The Bertz CT molecular complexity index is 1390. The highest BCUT2D eigenvalue weighted by molar-refractivity contribution is 6.34. The smallest absolute Gasteiger partial charge is 0.338 e. The van der Waals surface area contributed by atoms with E-state index >= 15 is 0 Å². The zero-order chi connectivity index (χ0) is 25.3. The molecule has 1 heterocycles. The Labute approximate surface area is 201 Å². The first-order valence-corrected chi connectivity index (χ1v) is 10.8. The first-order chi connectivity index (χ1) is 16.7. The molecule has 0 spiro atoms. The minimum absolute atomic E-state index is 0.0570. The third kappa shape index (κ3) is 4.72. The lowest BCUT2D eigenvalue weighted by molar-refractivity contribution is -0.114. The van der Waals surface area contributed by atoms with Gasteiger partial charge in [0.05, 0.1) is 22.4 Å². The number of ether oxygens (including phenoxy) is 1. The topological polar surface area (TPSA) is 110 Å². The number of Topliss-reactive ketones (excluding diaryl/α,β-unsaturated/α-hetero) is 1. The standard InChI is InChI=1S/C27H22N2O6/c1-15-4-5-16(2)22(12-15)24(31)14-35-27(34)18-6-11-21-23(13-18)26(33)29(25(21)32)20-9-7-19(8-10-20)28-17(3)30/h4-13H,14H2,1-3H3,(H,28,30). The molecule has 0 atom stereocenters. The van der Waals surface area contributed by atoms with E-state index in [4.69, 9.17) is 4.74 Å². The van der Waals surface area contributed by atoms with Gasteiger partial charge in [-0.05, 0) is 67.9 Å². The van der Waals surface area contributed by atoms with Crippen molar-refractivity contribution in [2.45, 2.75) is 20.8 Å². The van der Waals surface area contributed by atoms with Crippen LogP contribution in [0.2, 0.25) is 0 Å². The summed E-state index contributed by atoms with van der Waals surface area (Å²) in [6.07, 6.45) is 0.